The van der Waals surface area contributed by atoms with E-state index in [9.17, 15) is 0 Å². The predicted octanol–water partition coefficient (Wildman–Crippen LogP) is 3.58. The van der Waals surface area contributed by atoms with Gasteiger partial charge in [-0.3, -0.25) is 4.90 Å². The van der Waals surface area contributed by atoms with Gasteiger partial charge in [0.1, 0.15) is 0 Å². The molecule has 2 atom stereocenters. The highest BCUT2D eigenvalue weighted by molar-refractivity contribution is 9.10. The number of hydrogen-bond acceptors (Lipinski definition) is 2. The van der Waals surface area contributed by atoms with Gasteiger partial charge in [-0.1, -0.05) is 40.5 Å². The van der Waals surface area contributed by atoms with E-state index in [-0.39, 0.29) is 0 Å². The van der Waals surface area contributed by atoms with Crippen LogP contribution in [0.5, 0.6) is 0 Å². The molecular weight excluding hydrogens is 288 g/mol. The summed E-state index contributed by atoms with van der Waals surface area (Å²) in [5.74, 6) is 0. The fourth-order valence-corrected chi connectivity index (χ4v) is 3.60. The van der Waals surface area contributed by atoms with Gasteiger partial charge in [-0.2, -0.15) is 0 Å². The Balaban J connectivity index is 2.15. The van der Waals surface area contributed by atoms with Crippen molar-refractivity contribution in [3.63, 3.8) is 0 Å². The Morgan fingerprint density at radius 2 is 2.17 bits per heavy atom. The third-order valence-corrected chi connectivity index (χ3v) is 4.69. The van der Waals surface area contributed by atoms with Crippen LogP contribution in [0.1, 0.15) is 37.8 Å². The molecule has 3 heteroatoms. The Bertz CT molecular complexity index is 379. The number of likely N-dealkylation sites (tertiary alicyclic amines) is 1. The average Bonchev–Trinajstić information content (AvgIpc) is 2.40. The average molecular weight is 311 g/mol. The third kappa shape index (κ3) is 3.14. The highest BCUT2D eigenvalue weighted by Gasteiger charge is 2.27. The van der Waals surface area contributed by atoms with Crippen molar-refractivity contribution < 1.29 is 0 Å². The first-order chi connectivity index (χ1) is 8.74. The summed E-state index contributed by atoms with van der Waals surface area (Å²) in [6.45, 7) is 4.64. The first-order valence-electron chi connectivity index (χ1n) is 6.89. The van der Waals surface area contributed by atoms with E-state index < -0.39 is 0 Å². The summed E-state index contributed by atoms with van der Waals surface area (Å²) in [5.41, 5.74) is 1.40. The van der Waals surface area contributed by atoms with Crippen molar-refractivity contribution in [3.05, 3.63) is 34.3 Å². The highest BCUT2D eigenvalue weighted by atomic mass is 79.9. The fraction of sp³-hybridized carbons (Fsp3) is 0.600. The molecule has 2 rings (SSSR count). The third-order valence-electron chi connectivity index (χ3n) is 3.97. The minimum absolute atomic E-state index is 0.485. The Kier molecular flexibility index (Phi) is 5.22. The molecule has 1 N–H and O–H groups in total. The number of nitrogens with zero attached hydrogens (tertiary/aromatic N) is 1. The van der Waals surface area contributed by atoms with E-state index in [0.29, 0.717) is 12.1 Å². The largest absolute Gasteiger partial charge is 0.318 e. The minimum Gasteiger partial charge on any atom is -0.318 e. The zero-order valence-corrected chi connectivity index (χ0v) is 12.9. The molecule has 0 saturated carbocycles. The Morgan fingerprint density at radius 3 is 2.89 bits per heavy atom. The van der Waals surface area contributed by atoms with E-state index in [1.807, 2.05) is 0 Å². The smallest absolute Gasteiger partial charge is 0.0334 e. The lowest BCUT2D eigenvalue weighted by Crippen LogP contribution is -2.46. The van der Waals surface area contributed by atoms with E-state index >= 15 is 0 Å². The molecule has 0 bridgehead atoms. The molecular formula is C15H23BrN2. The van der Waals surface area contributed by atoms with Gasteiger partial charge < -0.3 is 5.32 Å². The van der Waals surface area contributed by atoms with Gasteiger partial charge in [0.05, 0.1) is 0 Å². The van der Waals surface area contributed by atoms with Crippen LogP contribution in [0.25, 0.3) is 0 Å². The molecule has 100 valence electrons. The lowest BCUT2D eigenvalue weighted by atomic mass is 9.97. The van der Waals surface area contributed by atoms with Crippen molar-refractivity contribution in [1.82, 2.24) is 10.2 Å². The van der Waals surface area contributed by atoms with E-state index in [1.165, 1.54) is 35.8 Å². The summed E-state index contributed by atoms with van der Waals surface area (Å²) in [4.78, 5) is 2.65. The minimum atomic E-state index is 0.485. The van der Waals surface area contributed by atoms with Crippen LogP contribution < -0.4 is 5.32 Å². The van der Waals surface area contributed by atoms with E-state index in [0.717, 1.165) is 6.54 Å². The number of nitrogens with one attached hydrogen (secondary N) is 1. The van der Waals surface area contributed by atoms with E-state index in [2.05, 4.69) is 64.4 Å². The number of likely N-dealkylation sites (N-methyl/N-ethyl adjacent to an activating group) is 1. The molecule has 0 aliphatic carbocycles. The van der Waals surface area contributed by atoms with Gasteiger partial charge in [0.2, 0.25) is 0 Å². The lowest BCUT2D eigenvalue weighted by molar-refractivity contribution is 0.103. The molecule has 0 aromatic heterocycles. The van der Waals surface area contributed by atoms with Crippen LogP contribution in [0.2, 0.25) is 0 Å². The molecule has 1 fully saturated rings. The quantitative estimate of drug-likeness (QED) is 0.914. The monoisotopic (exact) mass is 310 g/mol. The maximum atomic E-state index is 3.68. The van der Waals surface area contributed by atoms with Crippen molar-refractivity contribution in [2.75, 3.05) is 20.1 Å². The molecule has 1 aliphatic heterocycles. The molecule has 2 unspecified atom stereocenters. The lowest BCUT2D eigenvalue weighted by Gasteiger charge is -2.40. The first-order valence-corrected chi connectivity index (χ1v) is 7.68. The topological polar surface area (TPSA) is 15.3 Å². The van der Waals surface area contributed by atoms with E-state index in [4.69, 9.17) is 0 Å². The van der Waals surface area contributed by atoms with Gasteiger partial charge >= 0.3 is 0 Å². The number of benzene rings is 1. The fourth-order valence-electron chi connectivity index (χ4n) is 2.98. The summed E-state index contributed by atoms with van der Waals surface area (Å²) >= 11 is 3.68. The van der Waals surface area contributed by atoms with E-state index in [1.54, 1.807) is 0 Å². The zero-order chi connectivity index (χ0) is 13.0. The first kappa shape index (κ1) is 14.0. The standard InChI is InChI=1S/C15H23BrN2/c1-12(14-8-3-4-9-15(14)16)18-10-6-5-7-13(18)11-17-2/h3-4,8-9,12-13,17H,5-7,10-11H2,1-2H3. The number of piperidine rings is 1. The van der Waals surface area contributed by atoms with Gasteiger partial charge in [-0.05, 0) is 45.0 Å². The van der Waals surface area contributed by atoms with Crippen molar-refractivity contribution in [1.29, 1.82) is 0 Å². The molecule has 2 nitrogen and oxygen atoms in total. The summed E-state index contributed by atoms with van der Waals surface area (Å²) in [6.07, 6.45) is 4.01. The number of hydrogen-bond donors (Lipinski definition) is 1. The van der Waals surface area contributed by atoms with Gasteiger partial charge in [0.15, 0.2) is 0 Å². The van der Waals surface area contributed by atoms with Gasteiger partial charge in [0.25, 0.3) is 0 Å². The molecule has 1 aliphatic rings. The Morgan fingerprint density at radius 1 is 1.39 bits per heavy atom. The summed E-state index contributed by atoms with van der Waals surface area (Å²) in [6, 6.07) is 9.75. The Hall–Kier alpha value is -0.380. The van der Waals surface area contributed by atoms with Crippen LogP contribution in [-0.4, -0.2) is 31.1 Å². The summed E-state index contributed by atoms with van der Waals surface area (Å²) < 4.78 is 1.23. The zero-order valence-electron chi connectivity index (χ0n) is 11.3. The van der Waals surface area contributed by atoms with Gasteiger partial charge in [-0.25, -0.2) is 0 Å². The maximum absolute atomic E-state index is 3.68. The van der Waals surface area contributed by atoms with Crippen molar-refractivity contribution in [3.8, 4) is 0 Å². The van der Waals surface area contributed by atoms with Crippen molar-refractivity contribution in [2.45, 2.75) is 38.3 Å². The Labute approximate surface area is 119 Å². The van der Waals surface area contributed by atoms with Crippen molar-refractivity contribution in [2.24, 2.45) is 0 Å². The molecule has 1 heterocycles. The predicted molar refractivity (Wildman–Crippen MR) is 80.8 cm³/mol. The highest BCUT2D eigenvalue weighted by Crippen LogP contribution is 2.31. The number of halogens is 1. The molecule has 1 aromatic rings. The van der Waals surface area contributed by atoms with Gasteiger partial charge in [-0.15, -0.1) is 0 Å². The van der Waals surface area contributed by atoms with Crippen LogP contribution in [0.3, 0.4) is 0 Å². The summed E-state index contributed by atoms with van der Waals surface area (Å²) in [5, 5.41) is 3.33. The maximum Gasteiger partial charge on any atom is 0.0334 e. The van der Waals surface area contributed by atoms with Crippen LogP contribution in [0, 0.1) is 0 Å². The molecule has 0 amide bonds. The molecule has 0 spiro atoms. The second-order valence-electron chi connectivity index (χ2n) is 5.14. The molecule has 1 saturated heterocycles. The molecule has 0 radical (unpaired) electrons. The van der Waals surface area contributed by atoms with Crippen LogP contribution in [-0.2, 0) is 0 Å². The van der Waals surface area contributed by atoms with Crippen molar-refractivity contribution >= 4 is 15.9 Å². The molecule has 18 heavy (non-hydrogen) atoms. The van der Waals surface area contributed by atoms with Crippen LogP contribution in [0.4, 0.5) is 0 Å². The normalized spacial score (nSPS) is 22.9. The summed E-state index contributed by atoms with van der Waals surface area (Å²) in [7, 11) is 2.05. The second kappa shape index (κ2) is 6.69. The van der Waals surface area contributed by atoms with Crippen LogP contribution >= 0.6 is 15.9 Å². The molecule has 1 aromatic carbocycles. The number of rotatable bonds is 4. The van der Waals surface area contributed by atoms with Gasteiger partial charge in [0, 0.05) is 23.1 Å². The second-order valence-corrected chi connectivity index (χ2v) is 6.00. The van der Waals surface area contributed by atoms with Crippen LogP contribution in [0.15, 0.2) is 28.7 Å². The SMILES string of the molecule is CNCC1CCCCN1C(C)c1ccccc1Br.